The largest absolute Gasteiger partial charge is 0.378 e. The second-order valence-corrected chi connectivity index (χ2v) is 9.11. The van der Waals surface area contributed by atoms with Crippen molar-refractivity contribution in [1.29, 1.82) is 0 Å². The van der Waals surface area contributed by atoms with E-state index < -0.39 is 0 Å². The number of ether oxygens (including phenoxy) is 8. The van der Waals surface area contributed by atoms with Crippen molar-refractivity contribution in [3.8, 4) is 0 Å². The minimum absolute atomic E-state index is 0.471. The topological polar surface area (TPSA) is 98.8 Å². The van der Waals surface area contributed by atoms with E-state index in [1.165, 1.54) is 0 Å². The first-order chi connectivity index (χ1) is 19.9. The van der Waals surface area contributed by atoms with Gasteiger partial charge < -0.3 is 37.9 Å². The lowest BCUT2D eigenvalue weighted by Crippen LogP contribution is -2.30. The van der Waals surface area contributed by atoms with E-state index in [9.17, 15) is 0 Å². The van der Waals surface area contributed by atoms with Crippen LogP contribution in [-0.4, -0.2) is 142 Å². The average molecular weight is 573 g/mol. The average Bonchev–Trinajstić information content (AvgIpc) is 2.96. The highest BCUT2D eigenvalue weighted by Crippen LogP contribution is 2.11. The molecule has 2 fully saturated rings. The third-order valence-electron chi connectivity index (χ3n) is 5.95. The molecular formula is C28H48N2O10. The third kappa shape index (κ3) is 16.9. The Bertz CT molecular complexity index is 624. The van der Waals surface area contributed by atoms with Crippen LogP contribution in [0, 0.1) is 0 Å². The molecule has 230 valence electrons. The van der Waals surface area contributed by atoms with Gasteiger partial charge in [0.05, 0.1) is 119 Å². The van der Waals surface area contributed by atoms with Crippen molar-refractivity contribution in [3.63, 3.8) is 0 Å². The summed E-state index contributed by atoms with van der Waals surface area (Å²) in [5.74, 6) is 0. The van der Waals surface area contributed by atoms with Crippen LogP contribution < -0.4 is 0 Å². The summed E-state index contributed by atoms with van der Waals surface area (Å²) < 4.78 is 44.6. The highest BCUT2D eigenvalue weighted by molar-refractivity contribution is 5.22. The Morgan fingerprint density at radius 2 is 0.600 bits per heavy atom. The lowest BCUT2D eigenvalue weighted by atomic mass is 10.1. The summed E-state index contributed by atoms with van der Waals surface area (Å²) in [6.45, 7) is 12.2. The Labute approximate surface area is 238 Å². The highest BCUT2D eigenvalue weighted by Gasteiger charge is 2.11. The fourth-order valence-electron chi connectivity index (χ4n) is 3.84. The Kier molecular flexibility index (Phi) is 19.4. The highest BCUT2D eigenvalue weighted by atomic mass is 16.7. The number of rotatable bonds is 4. The van der Waals surface area contributed by atoms with Crippen LogP contribution in [0.2, 0.25) is 0 Å². The molecule has 12 heteroatoms. The Hall–Kier alpha value is -1.26. The zero-order valence-corrected chi connectivity index (χ0v) is 23.8. The van der Waals surface area contributed by atoms with Gasteiger partial charge in [0.2, 0.25) is 0 Å². The van der Waals surface area contributed by atoms with Crippen LogP contribution >= 0.6 is 0 Å². The molecule has 0 spiro atoms. The van der Waals surface area contributed by atoms with Crippen molar-refractivity contribution in [2.45, 2.75) is 13.1 Å². The molecule has 2 aliphatic rings. The monoisotopic (exact) mass is 572 g/mol. The van der Waals surface area contributed by atoms with Crippen LogP contribution in [0.15, 0.2) is 24.3 Å². The van der Waals surface area contributed by atoms with Gasteiger partial charge in [-0.15, -0.1) is 0 Å². The molecule has 0 bridgehead atoms. The smallest absolute Gasteiger partial charge is 0.0919 e. The maximum Gasteiger partial charge on any atom is 0.0919 e. The third-order valence-corrected chi connectivity index (χ3v) is 5.95. The quantitative estimate of drug-likeness (QED) is 0.520. The Morgan fingerprint density at radius 3 is 0.900 bits per heavy atom. The zero-order valence-electron chi connectivity index (χ0n) is 23.8. The first-order valence-corrected chi connectivity index (χ1v) is 14.4. The van der Waals surface area contributed by atoms with Gasteiger partial charge in [-0.25, -0.2) is 0 Å². The van der Waals surface area contributed by atoms with Crippen LogP contribution in [0.3, 0.4) is 0 Å². The number of benzene rings is 1. The molecule has 0 radical (unpaired) electrons. The van der Waals surface area contributed by atoms with E-state index in [1.807, 2.05) is 10.1 Å². The lowest BCUT2D eigenvalue weighted by molar-refractivity contribution is -0.185. The van der Waals surface area contributed by atoms with Gasteiger partial charge in [-0.3, -0.25) is 9.68 Å². The van der Waals surface area contributed by atoms with Gasteiger partial charge in [0.15, 0.2) is 0 Å². The minimum Gasteiger partial charge on any atom is -0.378 e. The molecular weight excluding hydrogens is 524 g/mol. The molecule has 2 heterocycles. The van der Waals surface area contributed by atoms with Gasteiger partial charge in [0.25, 0.3) is 0 Å². The van der Waals surface area contributed by atoms with Crippen LogP contribution in [-0.2, 0) is 60.7 Å². The number of hydrogen-bond donors (Lipinski definition) is 0. The molecule has 2 aliphatic heterocycles. The first kappa shape index (κ1) is 33.2. The summed E-state index contributed by atoms with van der Waals surface area (Å²) in [6, 6.07) is 8.48. The van der Waals surface area contributed by atoms with Crippen LogP contribution in [0.1, 0.15) is 11.1 Å². The van der Waals surface area contributed by atoms with Gasteiger partial charge in [-0.2, -0.15) is 10.1 Å². The summed E-state index contributed by atoms with van der Waals surface area (Å²) in [5, 5.41) is 3.84. The predicted octanol–water partition coefficient (Wildman–Crippen LogP) is 1.31. The van der Waals surface area contributed by atoms with Gasteiger partial charge in [-0.1, -0.05) is 24.3 Å². The predicted molar refractivity (Wildman–Crippen MR) is 146 cm³/mol. The van der Waals surface area contributed by atoms with Gasteiger partial charge in [0, 0.05) is 26.2 Å². The summed E-state index contributed by atoms with van der Waals surface area (Å²) in [6.07, 6.45) is 0. The standard InChI is InChI=1S/C28H48N2O10/c1-2-28(26-30-6-8-32-10-12-34-14-16-36-18-20-38-22-24-40-30)4-3-27(1)25-29-5-7-31-9-11-33-13-15-35-17-19-37-21-23-39-29/h1-4H,5-26H2. The number of hydrogen-bond acceptors (Lipinski definition) is 12. The molecule has 2 saturated heterocycles. The summed E-state index contributed by atoms with van der Waals surface area (Å²) >= 11 is 0. The van der Waals surface area contributed by atoms with E-state index in [4.69, 9.17) is 47.6 Å². The van der Waals surface area contributed by atoms with E-state index in [0.29, 0.717) is 145 Å². The maximum absolute atomic E-state index is 5.98. The van der Waals surface area contributed by atoms with E-state index in [-0.39, 0.29) is 0 Å². The second-order valence-electron chi connectivity index (χ2n) is 9.11. The van der Waals surface area contributed by atoms with E-state index in [2.05, 4.69) is 24.3 Å². The molecule has 1 aromatic carbocycles. The minimum atomic E-state index is 0.471. The Balaban J connectivity index is 1.45. The van der Waals surface area contributed by atoms with Crippen molar-refractivity contribution < 1.29 is 47.6 Å². The second kappa shape index (κ2) is 23.3. The molecule has 0 aromatic heterocycles. The van der Waals surface area contributed by atoms with Crippen LogP contribution in [0.25, 0.3) is 0 Å². The molecule has 1 aromatic rings. The normalized spacial score (nSPS) is 23.0. The molecule has 0 saturated carbocycles. The van der Waals surface area contributed by atoms with Gasteiger partial charge >= 0.3 is 0 Å². The van der Waals surface area contributed by atoms with Crippen LogP contribution in [0.4, 0.5) is 0 Å². The summed E-state index contributed by atoms with van der Waals surface area (Å²) in [7, 11) is 0. The molecule has 3 rings (SSSR count). The molecule has 0 atom stereocenters. The van der Waals surface area contributed by atoms with Gasteiger partial charge in [-0.05, 0) is 11.1 Å². The SMILES string of the molecule is c1cc(CN2CCOCCOCCOCCOCCO2)ccc1CN1CCOCCOCCOCCOCCO1. The summed E-state index contributed by atoms with van der Waals surface area (Å²) in [4.78, 5) is 12.0. The van der Waals surface area contributed by atoms with Crippen molar-refractivity contribution >= 4 is 0 Å². The number of nitrogens with zero attached hydrogens (tertiary/aromatic N) is 2. The molecule has 0 amide bonds. The molecule has 40 heavy (non-hydrogen) atoms. The van der Waals surface area contributed by atoms with Gasteiger partial charge in [0.1, 0.15) is 0 Å². The van der Waals surface area contributed by atoms with Crippen molar-refractivity contribution in [2.75, 3.05) is 132 Å². The molecule has 0 aliphatic carbocycles. The van der Waals surface area contributed by atoms with E-state index in [0.717, 1.165) is 11.1 Å². The van der Waals surface area contributed by atoms with Crippen molar-refractivity contribution in [1.82, 2.24) is 10.1 Å². The van der Waals surface area contributed by atoms with E-state index in [1.54, 1.807) is 0 Å². The molecule has 0 unspecified atom stereocenters. The molecule has 12 nitrogen and oxygen atoms in total. The van der Waals surface area contributed by atoms with E-state index >= 15 is 0 Å². The Morgan fingerprint density at radius 1 is 0.350 bits per heavy atom. The first-order valence-electron chi connectivity index (χ1n) is 14.4. The van der Waals surface area contributed by atoms with Crippen molar-refractivity contribution in [3.05, 3.63) is 35.4 Å². The van der Waals surface area contributed by atoms with Crippen molar-refractivity contribution in [2.24, 2.45) is 0 Å². The fraction of sp³-hybridized carbons (Fsp3) is 0.786. The number of hydroxylamine groups is 4. The van der Waals surface area contributed by atoms with Crippen LogP contribution in [0.5, 0.6) is 0 Å². The fourth-order valence-corrected chi connectivity index (χ4v) is 3.84. The lowest BCUT2D eigenvalue weighted by Gasteiger charge is -2.23. The maximum atomic E-state index is 5.98. The zero-order chi connectivity index (χ0) is 27.8. The summed E-state index contributed by atoms with van der Waals surface area (Å²) in [5.41, 5.74) is 2.28. The molecule has 0 N–H and O–H groups in total.